The third-order valence-electron chi connectivity index (χ3n) is 7.31. The summed E-state index contributed by atoms with van der Waals surface area (Å²) in [5, 5.41) is 20.2. The summed E-state index contributed by atoms with van der Waals surface area (Å²) in [6, 6.07) is 32.6. The van der Waals surface area contributed by atoms with Gasteiger partial charge >= 0.3 is 0 Å². The Morgan fingerprint density at radius 2 is 1.56 bits per heavy atom. The quantitative estimate of drug-likeness (QED) is 0.0499. The maximum atomic E-state index is 11.2. The van der Waals surface area contributed by atoms with E-state index in [0.29, 0.717) is 12.3 Å². The molecule has 2 aliphatic rings. The van der Waals surface area contributed by atoms with E-state index in [1.165, 1.54) is 0 Å². The highest BCUT2D eigenvalue weighted by atomic mass is 32.1. The highest BCUT2D eigenvalue weighted by molar-refractivity contribution is 7.80. The molecule has 1 saturated heterocycles. The number of rotatable bonds is 11. The monoisotopic (exact) mass is 563 g/mol. The van der Waals surface area contributed by atoms with E-state index >= 15 is 0 Å². The number of nitro groups is 1. The number of thiol groups is 1. The molecule has 9 heteroatoms. The van der Waals surface area contributed by atoms with E-state index in [9.17, 15) is 10.1 Å². The van der Waals surface area contributed by atoms with Crippen molar-refractivity contribution < 1.29 is 9.66 Å². The van der Waals surface area contributed by atoms with E-state index in [-0.39, 0.29) is 28.9 Å². The number of non-ortho nitro benzene ring substituents is 1. The van der Waals surface area contributed by atoms with E-state index in [0.717, 1.165) is 52.4 Å². The average Bonchev–Trinajstić information content (AvgIpc) is 3.62. The first kappa shape index (κ1) is 26.9. The van der Waals surface area contributed by atoms with E-state index in [2.05, 4.69) is 39.9 Å². The Bertz CT molecular complexity index is 1580. The minimum absolute atomic E-state index is 0.0418. The second kappa shape index (κ2) is 12.0. The summed E-state index contributed by atoms with van der Waals surface area (Å²) < 4.78 is 6.28. The number of hydrogen-bond acceptors (Lipinski definition) is 8. The van der Waals surface area contributed by atoms with Gasteiger partial charge in [-0.2, -0.15) is 22.9 Å². The maximum Gasteiger partial charge on any atom is 0.269 e. The molecule has 4 unspecified atom stereocenters. The lowest BCUT2D eigenvalue weighted by molar-refractivity contribution is -0.384. The van der Waals surface area contributed by atoms with Crippen LogP contribution in [0.4, 0.5) is 17.1 Å². The molecule has 0 spiro atoms. The van der Waals surface area contributed by atoms with Gasteiger partial charge in [-0.3, -0.25) is 20.0 Å². The topological polar surface area (TPSA) is 92.5 Å². The maximum absolute atomic E-state index is 11.2. The van der Waals surface area contributed by atoms with Crippen molar-refractivity contribution in [3.05, 3.63) is 130 Å². The van der Waals surface area contributed by atoms with Crippen molar-refractivity contribution in [3.8, 4) is 5.75 Å². The third kappa shape index (κ3) is 5.77. The number of aliphatic imine (C=N–C) groups is 1. The molecule has 206 valence electrons. The number of benzene rings is 4. The molecule has 2 aliphatic heterocycles. The van der Waals surface area contributed by atoms with E-state index in [4.69, 9.17) is 9.73 Å². The number of hydrogen-bond donors (Lipinski definition) is 1. The lowest BCUT2D eigenvalue weighted by Gasteiger charge is -2.19. The van der Waals surface area contributed by atoms with Crippen molar-refractivity contribution in [1.82, 2.24) is 4.90 Å². The van der Waals surface area contributed by atoms with Crippen molar-refractivity contribution in [3.63, 3.8) is 0 Å². The molecule has 0 bridgehead atoms. The molecule has 41 heavy (non-hydrogen) atoms. The normalized spacial score (nSPS) is 21.0. The minimum Gasteiger partial charge on any atom is -0.493 e. The van der Waals surface area contributed by atoms with Gasteiger partial charge in [-0.1, -0.05) is 60.7 Å². The highest BCUT2D eigenvalue weighted by Gasteiger charge is 2.59. The zero-order chi connectivity index (χ0) is 28.2. The first-order valence-corrected chi connectivity index (χ1v) is 14.3. The number of unbranched alkanes of at least 4 members (excludes halogenated alkanes) is 1. The molecule has 2 heterocycles. The van der Waals surface area contributed by atoms with Crippen LogP contribution in [0.1, 0.15) is 41.7 Å². The van der Waals surface area contributed by atoms with Gasteiger partial charge in [0.1, 0.15) is 11.9 Å². The van der Waals surface area contributed by atoms with Crippen LogP contribution in [0.15, 0.2) is 118 Å². The average molecular weight is 564 g/mol. The summed E-state index contributed by atoms with van der Waals surface area (Å²) in [6.45, 7) is 0.579. The highest BCUT2D eigenvalue weighted by Crippen LogP contribution is 2.57. The van der Waals surface area contributed by atoms with Crippen molar-refractivity contribution in [1.29, 1.82) is 0 Å². The van der Waals surface area contributed by atoms with Crippen LogP contribution in [-0.4, -0.2) is 33.9 Å². The number of nitro benzene ring substituents is 1. The van der Waals surface area contributed by atoms with Gasteiger partial charge in [0.2, 0.25) is 0 Å². The van der Waals surface area contributed by atoms with Gasteiger partial charge in [0, 0.05) is 17.7 Å². The van der Waals surface area contributed by atoms with Crippen LogP contribution in [-0.2, 0) is 0 Å². The third-order valence-corrected chi connectivity index (χ3v) is 7.63. The van der Waals surface area contributed by atoms with Crippen LogP contribution >= 0.6 is 12.6 Å². The summed E-state index contributed by atoms with van der Waals surface area (Å²) >= 11 is 4.32. The molecule has 1 fully saturated rings. The fraction of sp³-hybridized carbons (Fsp3) is 0.219. The summed E-state index contributed by atoms with van der Waals surface area (Å²) in [5.41, 5.74) is 5.56. The first-order valence-electron chi connectivity index (χ1n) is 13.6. The summed E-state index contributed by atoms with van der Waals surface area (Å²) in [4.78, 5) is 18.4. The van der Waals surface area contributed by atoms with Gasteiger partial charge in [0.25, 0.3) is 5.69 Å². The van der Waals surface area contributed by atoms with Gasteiger partial charge in [-0.15, -0.1) is 0 Å². The molecule has 4 atom stereocenters. The van der Waals surface area contributed by atoms with Crippen LogP contribution in [0.3, 0.4) is 0 Å². The number of ether oxygens (including phenoxy) is 1. The molecular weight excluding hydrogens is 534 g/mol. The van der Waals surface area contributed by atoms with Crippen molar-refractivity contribution >= 4 is 35.4 Å². The van der Waals surface area contributed by atoms with Crippen LogP contribution in [0.25, 0.3) is 0 Å². The minimum atomic E-state index is -0.371. The van der Waals surface area contributed by atoms with E-state index < -0.39 is 0 Å². The Hall–Kier alpha value is -4.34. The summed E-state index contributed by atoms with van der Waals surface area (Å²) in [7, 11) is 0. The molecule has 0 aliphatic carbocycles. The van der Waals surface area contributed by atoms with Crippen molar-refractivity contribution in [2.75, 3.05) is 12.4 Å². The SMILES string of the molecule is O=[N+]([O-])c1ccc(C2C3C(c4ccccc4)=NC(c4cc(N=Nc5ccccc5)ccc4OCCCCS)N32)cc1. The first-order chi connectivity index (χ1) is 20.1. The van der Waals surface area contributed by atoms with Gasteiger partial charge in [-0.05, 0) is 60.1 Å². The van der Waals surface area contributed by atoms with E-state index in [1.54, 1.807) is 12.1 Å². The fourth-order valence-electron chi connectivity index (χ4n) is 5.29. The number of fused-ring (bicyclic) bond motifs is 1. The van der Waals surface area contributed by atoms with Gasteiger partial charge in [0.15, 0.2) is 0 Å². The zero-order valence-corrected chi connectivity index (χ0v) is 23.2. The Morgan fingerprint density at radius 1 is 0.854 bits per heavy atom. The summed E-state index contributed by atoms with van der Waals surface area (Å²) in [6.07, 6.45) is 1.57. The zero-order valence-electron chi connectivity index (χ0n) is 22.3. The molecule has 0 radical (unpaired) electrons. The van der Waals surface area contributed by atoms with Crippen molar-refractivity contribution in [2.45, 2.75) is 31.1 Å². The molecule has 0 saturated carbocycles. The van der Waals surface area contributed by atoms with Gasteiger partial charge in [0.05, 0.1) is 40.7 Å². The van der Waals surface area contributed by atoms with Crippen LogP contribution < -0.4 is 4.74 Å². The fourth-order valence-corrected chi connectivity index (χ4v) is 5.51. The Balaban J connectivity index is 1.38. The molecule has 4 aromatic rings. The Morgan fingerprint density at radius 3 is 2.27 bits per heavy atom. The second-order valence-corrected chi connectivity index (χ2v) is 10.4. The molecule has 0 amide bonds. The molecule has 0 aromatic heterocycles. The predicted molar refractivity (Wildman–Crippen MR) is 163 cm³/mol. The second-order valence-electron chi connectivity index (χ2n) is 9.98. The molecule has 6 rings (SSSR count). The lowest BCUT2D eigenvalue weighted by atomic mass is 10.0. The van der Waals surface area contributed by atoms with Gasteiger partial charge < -0.3 is 4.74 Å². The summed E-state index contributed by atoms with van der Waals surface area (Å²) in [5.74, 6) is 1.58. The van der Waals surface area contributed by atoms with Crippen molar-refractivity contribution in [2.24, 2.45) is 15.2 Å². The standard InChI is InChI=1S/C32H29N5O3S/c38-37(39)26-16-13-23(14-17-26)30-31-29(22-9-3-1-4-10-22)33-32(36(30)31)27-21-25(35-34-24-11-5-2-6-12-24)15-18-28(27)40-19-7-8-20-41/h1-6,9-18,21,30-32,41H,7-8,19-20H2. The number of azo groups is 1. The lowest BCUT2D eigenvalue weighted by Crippen LogP contribution is -2.10. The van der Waals surface area contributed by atoms with E-state index in [1.807, 2.05) is 78.9 Å². The molecule has 8 nitrogen and oxygen atoms in total. The predicted octanol–water partition coefficient (Wildman–Crippen LogP) is 8.03. The van der Waals surface area contributed by atoms with Crippen LogP contribution in [0.5, 0.6) is 5.75 Å². The van der Waals surface area contributed by atoms with Crippen LogP contribution in [0.2, 0.25) is 0 Å². The molecule has 4 aromatic carbocycles. The largest absolute Gasteiger partial charge is 0.493 e. The Labute approximate surface area is 244 Å². The Kier molecular flexibility index (Phi) is 7.89. The smallest absolute Gasteiger partial charge is 0.269 e. The molecule has 0 N–H and O–H groups in total. The molecular formula is C32H29N5O3S. The van der Waals surface area contributed by atoms with Gasteiger partial charge in [-0.25, -0.2) is 0 Å². The number of nitrogens with zero attached hydrogens (tertiary/aromatic N) is 5. The van der Waals surface area contributed by atoms with Crippen LogP contribution in [0, 0.1) is 10.1 Å².